The average Bonchev–Trinajstić information content (AvgIpc) is 3.16. The molecule has 2 fully saturated rings. The zero-order valence-corrected chi connectivity index (χ0v) is 14.2. The number of esters is 1. The molecule has 2 unspecified atom stereocenters. The van der Waals surface area contributed by atoms with Gasteiger partial charge in [-0.3, -0.25) is 10.1 Å². The van der Waals surface area contributed by atoms with Gasteiger partial charge in [0.1, 0.15) is 5.54 Å². The fourth-order valence-electron chi connectivity index (χ4n) is 3.80. The molecule has 0 spiro atoms. The lowest BCUT2D eigenvalue weighted by atomic mass is 9.96. The zero-order valence-electron chi connectivity index (χ0n) is 14.2. The van der Waals surface area contributed by atoms with Crippen molar-refractivity contribution in [2.45, 2.75) is 76.9 Å². The molecule has 2 atom stereocenters. The topological polar surface area (TPSA) is 41.6 Å². The van der Waals surface area contributed by atoms with Crippen molar-refractivity contribution in [2.75, 3.05) is 20.2 Å². The molecule has 0 aliphatic heterocycles. The van der Waals surface area contributed by atoms with E-state index in [1.165, 1.54) is 32.9 Å². The highest BCUT2D eigenvalue weighted by Gasteiger charge is 2.48. The normalized spacial score (nSPS) is 29.3. The third-order valence-corrected chi connectivity index (χ3v) is 4.85. The molecule has 0 heterocycles. The second kappa shape index (κ2) is 7.10. The first-order valence-electron chi connectivity index (χ1n) is 8.61. The highest BCUT2D eigenvalue weighted by atomic mass is 16.5. The molecule has 2 saturated carbocycles. The number of methoxy groups -OCH3 is 1. The monoisotopic (exact) mass is 296 g/mol. The molecular weight excluding hydrogens is 264 g/mol. The van der Waals surface area contributed by atoms with Crippen molar-refractivity contribution in [1.82, 2.24) is 10.2 Å². The third kappa shape index (κ3) is 4.19. The van der Waals surface area contributed by atoms with Crippen LogP contribution in [0.15, 0.2) is 0 Å². The van der Waals surface area contributed by atoms with E-state index in [0.29, 0.717) is 12.1 Å². The Bertz CT molecular complexity index is 355. The van der Waals surface area contributed by atoms with Crippen LogP contribution in [0.3, 0.4) is 0 Å². The summed E-state index contributed by atoms with van der Waals surface area (Å²) in [7, 11) is 1.51. The first-order chi connectivity index (χ1) is 10.0. The van der Waals surface area contributed by atoms with E-state index in [2.05, 4.69) is 31.0 Å². The minimum atomic E-state index is -0.469. The smallest absolute Gasteiger partial charge is 0.326 e. The number of hydrogen-bond acceptors (Lipinski definition) is 4. The average molecular weight is 296 g/mol. The third-order valence-electron chi connectivity index (χ3n) is 4.85. The Morgan fingerprint density at radius 2 is 2.10 bits per heavy atom. The van der Waals surface area contributed by atoms with Gasteiger partial charge in [0.25, 0.3) is 0 Å². The van der Waals surface area contributed by atoms with Crippen LogP contribution in [-0.4, -0.2) is 48.7 Å². The molecule has 122 valence electrons. The van der Waals surface area contributed by atoms with Crippen molar-refractivity contribution in [3.63, 3.8) is 0 Å². The summed E-state index contributed by atoms with van der Waals surface area (Å²) in [5, 5.41) is 3.50. The van der Waals surface area contributed by atoms with Gasteiger partial charge in [-0.1, -0.05) is 6.92 Å². The second-order valence-corrected chi connectivity index (χ2v) is 7.21. The Morgan fingerprint density at radius 1 is 1.38 bits per heavy atom. The Kier molecular flexibility index (Phi) is 5.67. The van der Waals surface area contributed by atoms with Crippen LogP contribution in [0.1, 0.15) is 59.3 Å². The molecule has 0 bridgehead atoms. The van der Waals surface area contributed by atoms with Gasteiger partial charge in [0.2, 0.25) is 0 Å². The van der Waals surface area contributed by atoms with Crippen LogP contribution in [0.4, 0.5) is 0 Å². The number of carbonyl (C=O) groups is 1. The number of nitrogens with one attached hydrogen (secondary N) is 1. The summed E-state index contributed by atoms with van der Waals surface area (Å²) >= 11 is 0. The summed E-state index contributed by atoms with van der Waals surface area (Å²) in [5.74, 6) is 0.823. The van der Waals surface area contributed by atoms with E-state index in [4.69, 9.17) is 4.74 Å². The van der Waals surface area contributed by atoms with Gasteiger partial charge in [0.15, 0.2) is 0 Å². The lowest BCUT2D eigenvalue weighted by molar-refractivity contribution is -0.149. The van der Waals surface area contributed by atoms with Crippen LogP contribution in [0.5, 0.6) is 0 Å². The number of nitrogens with zero attached hydrogens (tertiary/aromatic N) is 1. The number of hydrogen-bond donors (Lipinski definition) is 1. The summed E-state index contributed by atoms with van der Waals surface area (Å²) in [6.45, 7) is 8.82. The minimum absolute atomic E-state index is 0.0819. The zero-order chi connectivity index (χ0) is 15.5. The van der Waals surface area contributed by atoms with Gasteiger partial charge in [0, 0.05) is 18.6 Å². The molecule has 0 radical (unpaired) electrons. The number of ether oxygens (including phenoxy) is 1. The molecule has 4 nitrogen and oxygen atoms in total. The molecule has 0 saturated heterocycles. The van der Waals surface area contributed by atoms with Gasteiger partial charge in [-0.25, -0.2) is 0 Å². The van der Waals surface area contributed by atoms with E-state index in [9.17, 15) is 4.79 Å². The van der Waals surface area contributed by atoms with E-state index >= 15 is 0 Å². The van der Waals surface area contributed by atoms with Gasteiger partial charge in [0.05, 0.1) is 7.11 Å². The first-order valence-corrected chi connectivity index (χ1v) is 8.61. The molecule has 0 aromatic carbocycles. The van der Waals surface area contributed by atoms with Crippen molar-refractivity contribution in [1.29, 1.82) is 0 Å². The Balaban J connectivity index is 2.04. The highest BCUT2D eigenvalue weighted by molar-refractivity contribution is 5.81. The maximum Gasteiger partial charge on any atom is 0.326 e. The van der Waals surface area contributed by atoms with Gasteiger partial charge < -0.3 is 9.64 Å². The van der Waals surface area contributed by atoms with E-state index < -0.39 is 5.54 Å². The van der Waals surface area contributed by atoms with Crippen LogP contribution in [0, 0.1) is 5.92 Å². The van der Waals surface area contributed by atoms with Crippen molar-refractivity contribution in [2.24, 2.45) is 5.92 Å². The van der Waals surface area contributed by atoms with Gasteiger partial charge in [-0.05, 0) is 64.8 Å². The van der Waals surface area contributed by atoms with Crippen molar-refractivity contribution in [3.05, 3.63) is 0 Å². The Hall–Kier alpha value is -0.610. The number of rotatable bonds is 8. The van der Waals surface area contributed by atoms with Gasteiger partial charge in [-0.15, -0.1) is 0 Å². The molecule has 1 N–H and O–H groups in total. The minimum Gasteiger partial charge on any atom is -0.468 e. The molecule has 0 amide bonds. The largest absolute Gasteiger partial charge is 0.468 e. The fourth-order valence-corrected chi connectivity index (χ4v) is 3.80. The Labute approximate surface area is 129 Å². The standard InChI is InChI=1S/C17H32N2O2/c1-5-10-19(12-14-6-7-14)15-8-9-17(11-15,16(20)21-4)18-13(2)3/h13-15,18H,5-12H2,1-4H3. The quantitative estimate of drug-likeness (QED) is 0.699. The first kappa shape index (κ1) is 16.8. The van der Waals surface area contributed by atoms with Crippen molar-refractivity contribution in [3.8, 4) is 0 Å². The summed E-state index contributed by atoms with van der Waals surface area (Å²) in [6, 6.07) is 0.821. The molecular formula is C17H32N2O2. The van der Waals surface area contributed by atoms with Gasteiger partial charge in [-0.2, -0.15) is 0 Å². The van der Waals surface area contributed by atoms with E-state index in [1.54, 1.807) is 0 Å². The molecule has 0 aromatic rings. The fraction of sp³-hybridized carbons (Fsp3) is 0.941. The predicted octanol–water partition coefficient (Wildman–Crippen LogP) is 2.57. The lowest BCUT2D eigenvalue weighted by Gasteiger charge is -2.33. The summed E-state index contributed by atoms with van der Waals surface area (Å²) in [4.78, 5) is 15.0. The van der Waals surface area contributed by atoms with Crippen LogP contribution in [0.25, 0.3) is 0 Å². The van der Waals surface area contributed by atoms with E-state index in [-0.39, 0.29) is 5.97 Å². The molecule has 21 heavy (non-hydrogen) atoms. The molecule has 2 rings (SSSR count). The van der Waals surface area contributed by atoms with Crippen LogP contribution < -0.4 is 5.32 Å². The van der Waals surface area contributed by atoms with Crippen LogP contribution >= 0.6 is 0 Å². The molecule has 2 aliphatic rings. The maximum absolute atomic E-state index is 12.3. The maximum atomic E-state index is 12.3. The molecule has 4 heteroatoms. The van der Waals surface area contributed by atoms with Gasteiger partial charge >= 0.3 is 5.97 Å². The van der Waals surface area contributed by atoms with E-state index in [1.807, 2.05) is 0 Å². The van der Waals surface area contributed by atoms with Crippen LogP contribution in [-0.2, 0) is 9.53 Å². The van der Waals surface area contributed by atoms with Crippen LogP contribution in [0.2, 0.25) is 0 Å². The van der Waals surface area contributed by atoms with Crippen molar-refractivity contribution >= 4 is 5.97 Å². The Morgan fingerprint density at radius 3 is 2.62 bits per heavy atom. The SMILES string of the molecule is CCCN(CC1CC1)C1CCC(NC(C)C)(C(=O)OC)C1. The predicted molar refractivity (Wildman–Crippen MR) is 85.2 cm³/mol. The summed E-state index contributed by atoms with van der Waals surface area (Å²) in [6.07, 6.45) is 6.85. The molecule has 0 aromatic heterocycles. The summed E-state index contributed by atoms with van der Waals surface area (Å²) < 4.78 is 5.10. The highest BCUT2D eigenvalue weighted by Crippen LogP contribution is 2.37. The lowest BCUT2D eigenvalue weighted by Crippen LogP contribution is -2.54. The second-order valence-electron chi connectivity index (χ2n) is 7.21. The number of carbonyl (C=O) groups excluding carboxylic acids is 1. The van der Waals surface area contributed by atoms with E-state index in [0.717, 1.165) is 31.7 Å². The molecule has 2 aliphatic carbocycles. The summed E-state index contributed by atoms with van der Waals surface area (Å²) in [5.41, 5.74) is -0.469. The van der Waals surface area contributed by atoms with Crippen molar-refractivity contribution < 1.29 is 9.53 Å².